The lowest BCUT2D eigenvalue weighted by atomic mass is 10.0. The van der Waals surface area contributed by atoms with E-state index in [2.05, 4.69) is 14.9 Å². The number of aromatic nitrogens is 2. The van der Waals surface area contributed by atoms with Crippen molar-refractivity contribution in [3.05, 3.63) is 17.7 Å². The Morgan fingerprint density at radius 1 is 1.45 bits per heavy atom. The van der Waals surface area contributed by atoms with Crippen LogP contribution in [0.25, 0.3) is 0 Å². The van der Waals surface area contributed by atoms with Gasteiger partial charge in [-0.15, -0.1) is 0 Å². The predicted octanol–water partition coefficient (Wildman–Crippen LogP) is 1.69. The van der Waals surface area contributed by atoms with Gasteiger partial charge in [0.25, 0.3) is 0 Å². The van der Waals surface area contributed by atoms with Crippen molar-refractivity contribution in [1.82, 2.24) is 14.9 Å². The van der Waals surface area contributed by atoms with Crippen molar-refractivity contribution in [3.63, 3.8) is 0 Å². The van der Waals surface area contributed by atoms with Gasteiger partial charge in [-0.05, 0) is 45.6 Å². The first-order valence-corrected chi connectivity index (χ1v) is 7.69. The molecule has 112 valence electrons. The number of hydrogen-bond donors (Lipinski definition) is 1. The average Bonchev–Trinajstić information content (AvgIpc) is 2.87. The van der Waals surface area contributed by atoms with Gasteiger partial charge in [-0.1, -0.05) is 6.92 Å². The van der Waals surface area contributed by atoms with Crippen LogP contribution in [0.2, 0.25) is 0 Å². The molecule has 1 aromatic heterocycles. The van der Waals surface area contributed by atoms with Crippen LogP contribution in [-0.2, 0) is 28.9 Å². The van der Waals surface area contributed by atoms with Gasteiger partial charge in [0, 0.05) is 12.2 Å². The molecule has 0 bridgehead atoms. The van der Waals surface area contributed by atoms with E-state index in [4.69, 9.17) is 4.74 Å². The lowest BCUT2D eigenvalue weighted by molar-refractivity contribution is -0.145. The molecule has 0 spiro atoms. The van der Waals surface area contributed by atoms with E-state index < -0.39 is 0 Å². The lowest BCUT2D eigenvalue weighted by Gasteiger charge is -2.18. The van der Waals surface area contributed by atoms with Crippen molar-refractivity contribution in [2.45, 2.75) is 58.5 Å². The van der Waals surface area contributed by atoms with Crippen LogP contribution < -0.4 is 5.32 Å². The Balaban J connectivity index is 1.95. The van der Waals surface area contributed by atoms with E-state index >= 15 is 0 Å². The summed E-state index contributed by atoms with van der Waals surface area (Å²) >= 11 is 0. The summed E-state index contributed by atoms with van der Waals surface area (Å²) in [5.41, 5.74) is 2.60. The maximum absolute atomic E-state index is 11.9. The summed E-state index contributed by atoms with van der Waals surface area (Å²) in [6.45, 7) is 5.87. The Morgan fingerprint density at radius 3 is 3.00 bits per heavy atom. The Labute approximate surface area is 120 Å². The zero-order valence-electron chi connectivity index (χ0n) is 12.5. The molecule has 0 saturated carbocycles. The highest BCUT2D eigenvalue weighted by Crippen LogP contribution is 2.20. The molecule has 0 saturated heterocycles. The highest BCUT2D eigenvalue weighted by Gasteiger charge is 2.20. The number of carbonyl (C=O) groups is 1. The summed E-state index contributed by atoms with van der Waals surface area (Å²) in [7, 11) is 0. The predicted molar refractivity (Wildman–Crippen MR) is 77.6 cm³/mol. The number of esters is 1. The van der Waals surface area contributed by atoms with Crippen LogP contribution in [0, 0.1) is 0 Å². The van der Waals surface area contributed by atoms with Gasteiger partial charge >= 0.3 is 5.97 Å². The van der Waals surface area contributed by atoms with Gasteiger partial charge in [0.2, 0.25) is 0 Å². The van der Waals surface area contributed by atoms with Crippen molar-refractivity contribution in [2.24, 2.45) is 0 Å². The van der Waals surface area contributed by atoms with Crippen LogP contribution in [0.5, 0.6) is 0 Å². The van der Waals surface area contributed by atoms with E-state index in [0.29, 0.717) is 6.61 Å². The first-order valence-electron chi connectivity index (χ1n) is 7.69. The first kappa shape index (κ1) is 15.0. The molecule has 1 unspecified atom stereocenters. The van der Waals surface area contributed by atoms with Gasteiger partial charge in [-0.25, -0.2) is 4.98 Å². The fourth-order valence-electron chi connectivity index (χ4n) is 2.78. The van der Waals surface area contributed by atoms with E-state index in [9.17, 15) is 4.79 Å². The maximum Gasteiger partial charge on any atom is 0.323 e. The zero-order valence-corrected chi connectivity index (χ0v) is 12.5. The molecule has 0 aromatic carbocycles. The van der Waals surface area contributed by atoms with Crippen LogP contribution in [0.1, 0.15) is 44.5 Å². The largest absolute Gasteiger partial charge is 0.465 e. The molecule has 1 N–H and O–H groups in total. The second-order valence-corrected chi connectivity index (χ2v) is 5.19. The second-order valence-electron chi connectivity index (χ2n) is 5.19. The molecule has 1 atom stereocenters. The molecule has 1 heterocycles. The summed E-state index contributed by atoms with van der Waals surface area (Å²) in [4.78, 5) is 16.4. The third-order valence-electron chi connectivity index (χ3n) is 3.79. The SMILES string of the molecule is CCNC(CCn1cnc2c1CCCC2)C(=O)OCC. The number of likely N-dealkylation sites (N-methyl/N-ethyl adjacent to an activating group) is 1. The minimum Gasteiger partial charge on any atom is -0.465 e. The van der Waals surface area contributed by atoms with E-state index in [0.717, 1.165) is 32.4 Å². The van der Waals surface area contributed by atoms with Crippen molar-refractivity contribution < 1.29 is 9.53 Å². The van der Waals surface area contributed by atoms with Gasteiger partial charge in [0.15, 0.2) is 0 Å². The minimum atomic E-state index is -0.221. The summed E-state index contributed by atoms with van der Waals surface area (Å²) in [5, 5.41) is 3.20. The van der Waals surface area contributed by atoms with E-state index in [-0.39, 0.29) is 12.0 Å². The fraction of sp³-hybridized carbons (Fsp3) is 0.733. The monoisotopic (exact) mass is 279 g/mol. The Bertz CT molecular complexity index is 442. The molecular formula is C15H25N3O2. The number of carbonyl (C=O) groups excluding carboxylic acids is 1. The average molecular weight is 279 g/mol. The number of ether oxygens (including phenoxy) is 1. The van der Waals surface area contributed by atoms with Gasteiger partial charge in [0.1, 0.15) is 6.04 Å². The van der Waals surface area contributed by atoms with Crippen molar-refractivity contribution in [1.29, 1.82) is 0 Å². The fourth-order valence-corrected chi connectivity index (χ4v) is 2.78. The van der Waals surface area contributed by atoms with Gasteiger partial charge in [-0.3, -0.25) is 4.79 Å². The van der Waals surface area contributed by atoms with E-state index in [1.807, 2.05) is 20.2 Å². The number of rotatable bonds is 7. The van der Waals surface area contributed by atoms with Gasteiger partial charge in [-0.2, -0.15) is 0 Å². The number of hydrogen-bond acceptors (Lipinski definition) is 4. The van der Waals surface area contributed by atoms with Gasteiger partial charge < -0.3 is 14.6 Å². The molecular weight excluding hydrogens is 254 g/mol. The Kier molecular flexibility index (Phi) is 5.59. The number of aryl methyl sites for hydroxylation is 2. The summed E-state index contributed by atoms with van der Waals surface area (Å²) in [5.74, 6) is -0.150. The third-order valence-corrected chi connectivity index (χ3v) is 3.79. The molecule has 1 aliphatic rings. The van der Waals surface area contributed by atoms with Crippen molar-refractivity contribution in [3.8, 4) is 0 Å². The molecule has 1 aromatic rings. The molecule has 0 aliphatic heterocycles. The van der Waals surface area contributed by atoms with Crippen LogP contribution in [0.3, 0.4) is 0 Å². The lowest BCUT2D eigenvalue weighted by Crippen LogP contribution is -2.38. The summed E-state index contributed by atoms with van der Waals surface area (Å²) < 4.78 is 7.32. The highest BCUT2D eigenvalue weighted by atomic mass is 16.5. The molecule has 0 radical (unpaired) electrons. The molecule has 1 aliphatic carbocycles. The Morgan fingerprint density at radius 2 is 2.25 bits per heavy atom. The smallest absolute Gasteiger partial charge is 0.323 e. The topological polar surface area (TPSA) is 56.2 Å². The summed E-state index contributed by atoms with van der Waals surface area (Å²) in [6.07, 6.45) is 7.36. The van der Waals surface area contributed by atoms with Crippen molar-refractivity contribution >= 4 is 5.97 Å². The molecule has 5 nitrogen and oxygen atoms in total. The first-order chi connectivity index (χ1) is 9.76. The molecule has 20 heavy (non-hydrogen) atoms. The van der Waals surface area contributed by atoms with E-state index in [1.165, 1.54) is 24.2 Å². The van der Waals surface area contributed by atoms with Crippen LogP contribution in [0.15, 0.2) is 6.33 Å². The quantitative estimate of drug-likeness (QED) is 0.772. The zero-order chi connectivity index (χ0) is 14.4. The molecule has 5 heteroatoms. The maximum atomic E-state index is 11.9. The number of imidazole rings is 1. The minimum absolute atomic E-state index is 0.150. The Hall–Kier alpha value is -1.36. The second kappa shape index (κ2) is 7.43. The number of fused-ring (bicyclic) bond motifs is 1. The number of nitrogens with one attached hydrogen (secondary N) is 1. The van der Waals surface area contributed by atoms with Crippen LogP contribution >= 0.6 is 0 Å². The van der Waals surface area contributed by atoms with Crippen LogP contribution in [0.4, 0.5) is 0 Å². The van der Waals surface area contributed by atoms with Gasteiger partial charge in [0.05, 0.1) is 18.6 Å². The van der Waals surface area contributed by atoms with Crippen LogP contribution in [-0.4, -0.2) is 34.7 Å². The van der Waals surface area contributed by atoms with Crippen molar-refractivity contribution in [2.75, 3.05) is 13.2 Å². The standard InChI is InChI=1S/C15H25N3O2/c1-3-16-13(15(19)20-4-2)9-10-18-11-17-12-7-5-6-8-14(12)18/h11,13,16H,3-10H2,1-2H3. The normalized spacial score (nSPS) is 15.7. The number of nitrogens with zero attached hydrogens (tertiary/aromatic N) is 2. The molecule has 2 rings (SSSR count). The summed E-state index contributed by atoms with van der Waals surface area (Å²) in [6, 6.07) is -0.221. The highest BCUT2D eigenvalue weighted by molar-refractivity contribution is 5.75. The molecule has 0 amide bonds. The van der Waals surface area contributed by atoms with E-state index in [1.54, 1.807) is 0 Å². The third kappa shape index (κ3) is 3.60. The molecule has 0 fully saturated rings.